The normalized spacial score (nSPS) is 22.2. The Balaban J connectivity index is 2.03. The summed E-state index contributed by atoms with van der Waals surface area (Å²) in [7, 11) is 0. The molecule has 0 amide bonds. The molecule has 0 atom stereocenters. The monoisotopic (exact) mass is 300 g/mol. The Morgan fingerprint density at radius 1 is 1.40 bits per heavy atom. The van der Waals surface area contributed by atoms with E-state index in [-0.39, 0.29) is 23.5 Å². The van der Waals surface area contributed by atoms with Gasteiger partial charge in [-0.2, -0.15) is 0 Å². The van der Waals surface area contributed by atoms with Gasteiger partial charge in [-0.05, 0) is 31.9 Å². The molecule has 1 aliphatic carbocycles. The van der Waals surface area contributed by atoms with E-state index in [0.717, 1.165) is 18.9 Å². The molecule has 6 heteroatoms. The number of benzene rings is 1. The molecule has 0 radical (unpaired) electrons. The number of rotatable bonds is 4. The quantitative estimate of drug-likeness (QED) is 0.803. The lowest BCUT2D eigenvalue weighted by Crippen LogP contribution is -2.34. The molecule has 1 aromatic carbocycles. The van der Waals surface area contributed by atoms with Crippen LogP contribution in [0.3, 0.4) is 0 Å². The van der Waals surface area contributed by atoms with Gasteiger partial charge in [0, 0.05) is 12.6 Å². The van der Waals surface area contributed by atoms with Crippen LogP contribution in [0.25, 0.3) is 11.0 Å². The fourth-order valence-corrected chi connectivity index (χ4v) is 2.97. The first-order valence-corrected chi connectivity index (χ1v) is 7.21. The van der Waals surface area contributed by atoms with Crippen molar-refractivity contribution in [2.45, 2.75) is 37.8 Å². The molecule has 20 heavy (non-hydrogen) atoms. The van der Waals surface area contributed by atoms with Gasteiger partial charge in [0.05, 0.1) is 17.5 Å². The summed E-state index contributed by atoms with van der Waals surface area (Å²) in [5, 5.41) is 0. The molecule has 1 aliphatic rings. The van der Waals surface area contributed by atoms with Crippen molar-refractivity contribution in [3.8, 4) is 0 Å². The van der Waals surface area contributed by atoms with Crippen molar-refractivity contribution >= 4 is 22.6 Å². The minimum Gasteiger partial charge on any atom is -0.378 e. The maximum absolute atomic E-state index is 14.1. The Labute approximate surface area is 120 Å². The average Bonchev–Trinajstić information content (AvgIpc) is 2.76. The lowest BCUT2D eigenvalue weighted by molar-refractivity contribution is -0.0193. The third-order valence-corrected chi connectivity index (χ3v) is 4.01. The molecule has 3 nitrogen and oxygen atoms in total. The highest BCUT2D eigenvalue weighted by Gasteiger charge is 2.34. The summed E-state index contributed by atoms with van der Waals surface area (Å²) in [4.78, 5) is 4.29. The van der Waals surface area contributed by atoms with Crippen molar-refractivity contribution in [2.75, 3.05) is 6.61 Å². The Hall–Kier alpha value is -1.20. The first kappa shape index (κ1) is 13.8. The SMILES string of the molecule is CCOC1CC(n2c(CCl)nc3ccc(F)c(F)c32)C1. The molecular formula is C14H15ClF2N2O. The zero-order valence-electron chi connectivity index (χ0n) is 11.1. The minimum atomic E-state index is -0.861. The van der Waals surface area contributed by atoms with Gasteiger partial charge in [0.2, 0.25) is 0 Å². The van der Waals surface area contributed by atoms with Crippen LogP contribution in [0.4, 0.5) is 8.78 Å². The van der Waals surface area contributed by atoms with Gasteiger partial charge < -0.3 is 9.30 Å². The summed E-state index contributed by atoms with van der Waals surface area (Å²) in [6, 6.07) is 2.65. The van der Waals surface area contributed by atoms with Crippen LogP contribution in [0, 0.1) is 11.6 Å². The predicted molar refractivity (Wildman–Crippen MR) is 72.9 cm³/mol. The second-order valence-electron chi connectivity index (χ2n) is 4.96. The maximum atomic E-state index is 14.1. The van der Waals surface area contributed by atoms with E-state index < -0.39 is 11.6 Å². The molecule has 0 saturated heterocycles. The standard InChI is InChI=1S/C14H15ClF2N2O/c1-2-20-9-5-8(6-9)19-12(7-15)18-11-4-3-10(16)13(17)14(11)19/h3-4,8-9H,2,5-7H2,1H3. The molecule has 3 rings (SSSR count). The van der Waals surface area contributed by atoms with Gasteiger partial charge >= 0.3 is 0 Å². The molecule has 1 saturated carbocycles. The number of fused-ring (bicyclic) bond motifs is 1. The van der Waals surface area contributed by atoms with Crippen molar-refractivity contribution in [3.05, 3.63) is 29.6 Å². The smallest absolute Gasteiger partial charge is 0.184 e. The zero-order chi connectivity index (χ0) is 14.3. The Bertz CT molecular complexity index is 638. The molecule has 0 spiro atoms. The van der Waals surface area contributed by atoms with Crippen molar-refractivity contribution in [3.63, 3.8) is 0 Å². The number of hydrogen-bond acceptors (Lipinski definition) is 2. The van der Waals surface area contributed by atoms with E-state index in [1.54, 1.807) is 4.57 Å². The molecule has 2 aromatic rings. The molecule has 108 valence electrons. The van der Waals surface area contributed by atoms with E-state index >= 15 is 0 Å². The lowest BCUT2D eigenvalue weighted by atomic mass is 9.88. The summed E-state index contributed by atoms with van der Waals surface area (Å²) < 4.78 is 34.8. The summed E-state index contributed by atoms with van der Waals surface area (Å²) in [6.07, 6.45) is 1.74. The van der Waals surface area contributed by atoms with Gasteiger partial charge in [-0.3, -0.25) is 0 Å². The molecule has 0 aliphatic heterocycles. The number of halogens is 3. The van der Waals surface area contributed by atoms with Crippen LogP contribution in [0.1, 0.15) is 31.6 Å². The fourth-order valence-electron chi connectivity index (χ4n) is 2.78. The highest BCUT2D eigenvalue weighted by Crippen LogP contribution is 2.38. The van der Waals surface area contributed by atoms with Crippen LogP contribution in [0.15, 0.2) is 12.1 Å². The second-order valence-corrected chi connectivity index (χ2v) is 5.23. The van der Waals surface area contributed by atoms with Crippen molar-refractivity contribution in [1.82, 2.24) is 9.55 Å². The second kappa shape index (κ2) is 5.30. The third-order valence-electron chi connectivity index (χ3n) is 3.77. The highest BCUT2D eigenvalue weighted by atomic mass is 35.5. The predicted octanol–water partition coefficient (Wildman–Crippen LogP) is 3.79. The summed E-state index contributed by atoms with van der Waals surface area (Å²) >= 11 is 5.89. The van der Waals surface area contributed by atoms with Crippen LogP contribution in [0.2, 0.25) is 0 Å². The number of alkyl halides is 1. The van der Waals surface area contributed by atoms with Gasteiger partial charge in [-0.15, -0.1) is 11.6 Å². The number of nitrogens with zero attached hydrogens (tertiary/aromatic N) is 2. The first-order valence-electron chi connectivity index (χ1n) is 6.68. The maximum Gasteiger partial charge on any atom is 0.184 e. The van der Waals surface area contributed by atoms with Gasteiger partial charge in [-0.1, -0.05) is 0 Å². The minimum absolute atomic E-state index is 0.0709. The van der Waals surface area contributed by atoms with E-state index in [9.17, 15) is 8.78 Å². The van der Waals surface area contributed by atoms with E-state index in [2.05, 4.69) is 4.98 Å². The van der Waals surface area contributed by atoms with Gasteiger partial charge in [-0.25, -0.2) is 13.8 Å². The summed E-state index contributed by atoms with van der Waals surface area (Å²) in [5.41, 5.74) is 0.653. The van der Waals surface area contributed by atoms with Crippen LogP contribution in [-0.4, -0.2) is 22.3 Å². The Morgan fingerprint density at radius 3 is 2.80 bits per heavy atom. The molecule has 1 fully saturated rings. The molecular weight excluding hydrogens is 286 g/mol. The Morgan fingerprint density at radius 2 is 2.15 bits per heavy atom. The number of ether oxygens (including phenoxy) is 1. The van der Waals surface area contributed by atoms with Crippen LogP contribution in [-0.2, 0) is 10.6 Å². The number of aromatic nitrogens is 2. The van der Waals surface area contributed by atoms with Gasteiger partial charge in [0.15, 0.2) is 11.6 Å². The number of imidazole rings is 1. The average molecular weight is 301 g/mol. The van der Waals surface area contributed by atoms with Crippen molar-refractivity contribution < 1.29 is 13.5 Å². The largest absolute Gasteiger partial charge is 0.378 e. The van der Waals surface area contributed by atoms with Gasteiger partial charge in [0.1, 0.15) is 11.3 Å². The van der Waals surface area contributed by atoms with E-state index in [1.807, 2.05) is 6.92 Å². The molecule has 0 N–H and O–H groups in total. The van der Waals surface area contributed by atoms with Crippen LogP contribution in [0.5, 0.6) is 0 Å². The third kappa shape index (κ3) is 2.09. The lowest BCUT2D eigenvalue weighted by Gasteiger charge is -2.36. The first-order chi connectivity index (χ1) is 9.65. The van der Waals surface area contributed by atoms with Gasteiger partial charge in [0.25, 0.3) is 0 Å². The van der Waals surface area contributed by atoms with E-state index in [1.165, 1.54) is 6.07 Å². The zero-order valence-corrected chi connectivity index (χ0v) is 11.8. The topological polar surface area (TPSA) is 27.1 Å². The number of hydrogen-bond donors (Lipinski definition) is 0. The van der Waals surface area contributed by atoms with Crippen LogP contribution >= 0.6 is 11.6 Å². The summed E-state index contributed by atoms with van der Waals surface area (Å²) in [6.45, 7) is 2.60. The van der Waals surface area contributed by atoms with Crippen molar-refractivity contribution in [1.29, 1.82) is 0 Å². The molecule has 0 unspecified atom stereocenters. The fraction of sp³-hybridized carbons (Fsp3) is 0.500. The summed E-state index contributed by atoms with van der Waals surface area (Å²) in [5.74, 6) is -0.969. The Kier molecular flexibility index (Phi) is 3.65. The molecule has 1 heterocycles. The molecule has 1 aromatic heterocycles. The van der Waals surface area contributed by atoms with Crippen molar-refractivity contribution in [2.24, 2.45) is 0 Å². The van der Waals surface area contributed by atoms with Crippen LogP contribution < -0.4 is 0 Å². The molecule has 0 bridgehead atoms. The van der Waals surface area contributed by atoms with E-state index in [0.29, 0.717) is 17.9 Å². The highest BCUT2D eigenvalue weighted by molar-refractivity contribution is 6.16. The van der Waals surface area contributed by atoms with E-state index in [4.69, 9.17) is 16.3 Å².